The SMILES string of the molecule is c1ccc(-c2nc(-c3cccc4c3ccc3ccc5nc(-c6cccnc6)oc5c34)nc(-c3cccc4sc5ccccc5c34)n2)cc1. The van der Waals surface area contributed by atoms with Crippen molar-refractivity contribution in [3.8, 4) is 45.6 Å². The average molecular weight is 634 g/mol. The predicted octanol–water partition coefficient (Wildman–Crippen LogP) is 10.8. The van der Waals surface area contributed by atoms with E-state index in [1.807, 2.05) is 48.5 Å². The third-order valence-electron chi connectivity index (χ3n) is 8.86. The van der Waals surface area contributed by atoms with Gasteiger partial charge in [0.1, 0.15) is 5.52 Å². The Labute approximate surface area is 278 Å². The second-order valence-corrected chi connectivity index (χ2v) is 12.8. The number of hydrogen-bond acceptors (Lipinski definition) is 7. The molecule has 4 heterocycles. The third-order valence-corrected chi connectivity index (χ3v) is 9.99. The molecule has 10 aromatic rings. The minimum absolute atomic E-state index is 0.545. The number of aromatic nitrogens is 5. The molecule has 6 aromatic carbocycles. The van der Waals surface area contributed by atoms with Crippen LogP contribution >= 0.6 is 11.3 Å². The van der Waals surface area contributed by atoms with Gasteiger partial charge in [-0.3, -0.25) is 4.98 Å². The van der Waals surface area contributed by atoms with E-state index in [0.717, 1.165) is 60.3 Å². The number of oxazole rings is 1. The maximum absolute atomic E-state index is 6.45. The second-order valence-electron chi connectivity index (χ2n) is 11.7. The molecule has 7 heteroatoms. The monoisotopic (exact) mass is 633 g/mol. The largest absolute Gasteiger partial charge is 0.435 e. The average Bonchev–Trinajstić information content (AvgIpc) is 3.77. The van der Waals surface area contributed by atoms with Gasteiger partial charge in [-0.05, 0) is 46.5 Å². The summed E-state index contributed by atoms with van der Waals surface area (Å²) in [6.45, 7) is 0. The molecular formula is C41H23N5OS. The maximum atomic E-state index is 6.45. The summed E-state index contributed by atoms with van der Waals surface area (Å²) in [6.07, 6.45) is 3.51. The van der Waals surface area contributed by atoms with Gasteiger partial charge in [0.05, 0.1) is 5.56 Å². The summed E-state index contributed by atoms with van der Waals surface area (Å²) in [5.74, 6) is 2.43. The number of rotatable bonds is 4. The number of benzene rings is 6. The van der Waals surface area contributed by atoms with Crippen molar-refractivity contribution in [1.82, 2.24) is 24.9 Å². The normalized spacial score (nSPS) is 11.8. The topological polar surface area (TPSA) is 77.6 Å². The number of fused-ring (bicyclic) bond motifs is 8. The zero-order chi connectivity index (χ0) is 31.6. The fourth-order valence-corrected chi connectivity index (χ4v) is 7.79. The Kier molecular flexibility index (Phi) is 5.94. The van der Waals surface area contributed by atoms with E-state index in [-0.39, 0.29) is 0 Å². The molecule has 10 rings (SSSR count). The molecule has 0 N–H and O–H groups in total. The quantitative estimate of drug-likeness (QED) is 0.179. The first-order valence-electron chi connectivity index (χ1n) is 15.7. The zero-order valence-corrected chi connectivity index (χ0v) is 26.1. The van der Waals surface area contributed by atoms with Crippen molar-refractivity contribution in [2.24, 2.45) is 0 Å². The minimum Gasteiger partial charge on any atom is -0.435 e. The summed E-state index contributed by atoms with van der Waals surface area (Å²) in [4.78, 5) is 24.5. The zero-order valence-electron chi connectivity index (χ0n) is 25.3. The van der Waals surface area contributed by atoms with E-state index in [2.05, 4.69) is 83.8 Å². The van der Waals surface area contributed by atoms with Gasteiger partial charge in [-0.1, -0.05) is 97.1 Å². The number of thiophene rings is 1. The number of hydrogen-bond donors (Lipinski definition) is 0. The Morgan fingerprint density at radius 3 is 2.10 bits per heavy atom. The Morgan fingerprint density at radius 1 is 0.479 bits per heavy atom. The van der Waals surface area contributed by atoms with Crippen LogP contribution in [0.2, 0.25) is 0 Å². The fraction of sp³-hybridized carbons (Fsp3) is 0. The van der Waals surface area contributed by atoms with Gasteiger partial charge in [-0.25, -0.2) is 19.9 Å². The highest BCUT2D eigenvalue weighted by atomic mass is 32.1. The van der Waals surface area contributed by atoms with Gasteiger partial charge < -0.3 is 4.42 Å². The summed E-state index contributed by atoms with van der Waals surface area (Å²) < 4.78 is 8.90. The highest BCUT2D eigenvalue weighted by Gasteiger charge is 2.19. The van der Waals surface area contributed by atoms with E-state index in [0.29, 0.717) is 23.4 Å². The van der Waals surface area contributed by atoms with Crippen LogP contribution in [0.15, 0.2) is 144 Å². The number of nitrogens with zero attached hydrogens (tertiary/aromatic N) is 5. The van der Waals surface area contributed by atoms with Gasteiger partial charge in [0, 0.05) is 54.6 Å². The fourth-order valence-electron chi connectivity index (χ4n) is 6.66. The van der Waals surface area contributed by atoms with Crippen molar-refractivity contribution in [2.45, 2.75) is 0 Å². The van der Waals surface area contributed by atoms with Gasteiger partial charge >= 0.3 is 0 Å². The lowest BCUT2D eigenvalue weighted by molar-refractivity contribution is 0.623. The lowest BCUT2D eigenvalue weighted by Gasteiger charge is -2.12. The lowest BCUT2D eigenvalue weighted by Crippen LogP contribution is -2.00. The van der Waals surface area contributed by atoms with Crippen LogP contribution < -0.4 is 0 Å². The van der Waals surface area contributed by atoms with E-state index >= 15 is 0 Å². The predicted molar refractivity (Wildman–Crippen MR) is 195 cm³/mol. The van der Waals surface area contributed by atoms with Crippen molar-refractivity contribution in [2.75, 3.05) is 0 Å². The summed E-state index contributed by atoms with van der Waals surface area (Å²) in [5, 5.41) is 6.50. The Balaban J connectivity index is 1.23. The van der Waals surface area contributed by atoms with E-state index in [4.69, 9.17) is 24.4 Å². The van der Waals surface area contributed by atoms with Gasteiger partial charge in [0.25, 0.3) is 0 Å². The standard InChI is InChI=1S/C41H23N5OS/c1-2-9-25(10-3-1)38-44-39(46-40(45-38)31-15-7-17-34-36(31)30-12-4-5-16-33(30)48-34)29-14-6-13-28-27(29)20-18-24-19-21-32-37(35(24)28)47-41(43-32)26-11-8-22-42-23-26/h1-23H. The van der Waals surface area contributed by atoms with E-state index < -0.39 is 0 Å². The summed E-state index contributed by atoms with van der Waals surface area (Å²) in [5.41, 5.74) is 5.21. The maximum Gasteiger partial charge on any atom is 0.228 e. The third kappa shape index (κ3) is 4.22. The van der Waals surface area contributed by atoms with Gasteiger partial charge in [0.2, 0.25) is 5.89 Å². The second kappa shape index (κ2) is 10.6. The van der Waals surface area contributed by atoms with Crippen LogP contribution in [0.5, 0.6) is 0 Å². The first-order chi connectivity index (χ1) is 23.8. The van der Waals surface area contributed by atoms with Gasteiger partial charge in [-0.15, -0.1) is 11.3 Å². The van der Waals surface area contributed by atoms with Crippen LogP contribution in [-0.4, -0.2) is 24.9 Å². The molecule has 0 aliphatic rings. The molecule has 0 radical (unpaired) electrons. The van der Waals surface area contributed by atoms with Crippen molar-refractivity contribution in [3.05, 3.63) is 140 Å². The molecule has 0 unspecified atom stereocenters. The lowest BCUT2D eigenvalue weighted by atomic mass is 9.97. The van der Waals surface area contributed by atoms with E-state index in [1.54, 1.807) is 23.7 Å². The van der Waals surface area contributed by atoms with Crippen LogP contribution in [-0.2, 0) is 0 Å². The molecule has 0 aliphatic carbocycles. The molecular weight excluding hydrogens is 611 g/mol. The Hall–Kier alpha value is -6.31. The molecule has 0 fully saturated rings. The molecule has 6 nitrogen and oxygen atoms in total. The summed E-state index contributed by atoms with van der Waals surface area (Å²) in [7, 11) is 0. The molecule has 0 saturated heterocycles. The summed E-state index contributed by atoms with van der Waals surface area (Å²) >= 11 is 1.79. The molecule has 0 amide bonds. The van der Waals surface area contributed by atoms with Crippen molar-refractivity contribution >= 4 is 64.2 Å². The van der Waals surface area contributed by atoms with Gasteiger partial charge in [-0.2, -0.15) is 0 Å². The van der Waals surface area contributed by atoms with Crippen LogP contribution in [0.3, 0.4) is 0 Å². The molecule has 0 aliphatic heterocycles. The van der Waals surface area contributed by atoms with Crippen LogP contribution in [0, 0.1) is 0 Å². The van der Waals surface area contributed by atoms with E-state index in [9.17, 15) is 0 Å². The highest BCUT2D eigenvalue weighted by molar-refractivity contribution is 7.25. The minimum atomic E-state index is 0.545. The molecule has 0 atom stereocenters. The van der Waals surface area contributed by atoms with Crippen molar-refractivity contribution in [3.63, 3.8) is 0 Å². The summed E-state index contributed by atoms with van der Waals surface area (Å²) in [6, 6.07) is 43.5. The first-order valence-corrected chi connectivity index (χ1v) is 16.5. The first kappa shape index (κ1) is 26.9. The smallest absolute Gasteiger partial charge is 0.228 e. The Morgan fingerprint density at radius 2 is 1.21 bits per heavy atom. The molecule has 4 aromatic heterocycles. The Bertz CT molecular complexity index is 2840. The van der Waals surface area contributed by atoms with Crippen LogP contribution in [0.4, 0.5) is 0 Å². The number of pyridine rings is 1. The van der Waals surface area contributed by atoms with Gasteiger partial charge in [0.15, 0.2) is 23.1 Å². The highest BCUT2D eigenvalue weighted by Crippen LogP contribution is 2.41. The molecule has 0 saturated carbocycles. The molecule has 224 valence electrons. The van der Waals surface area contributed by atoms with Crippen LogP contribution in [0.25, 0.3) is 98.4 Å². The van der Waals surface area contributed by atoms with Crippen LogP contribution in [0.1, 0.15) is 0 Å². The molecule has 0 bridgehead atoms. The molecule has 48 heavy (non-hydrogen) atoms. The van der Waals surface area contributed by atoms with Crippen molar-refractivity contribution in [1.29, 1.82) is 0 Å². The van der Waals surface area contributed by atoms with E-state index in [1.165, 1.54) is 14.8 Å². The van der Waals surface area contributed by atoms with Crippen molar-refractivity contribution < 1.29 is 4.42 Å². The molecule has 0 spiro atoms.